The van der Waals surface area contributed by atoms with Gasteiger partial charge in [-0.15, -0.1) is 0 Å². The second kappa shape index (κ2) is 5.24. The average Bonchev–Trinajstić information content (AvgIpc) is 2.71. The number of nitrogens with zero attached hydrogens (tertiary/aromatic N) is 4. The first-order valence-corrected chi connectivity index (χ1v) is 5.85. The maximum absolute atomic E-state index is 13.4. The normalized spacial score (nSPS) is 18.4. The van der Waals surface area contributed by atoms with E-state index >= 15 is 0 Å². The Morgan fingerprint density at radius 1 is 1.67 bits per heavy atom. The molecule has 0 aliphatic carbocycles. The van der Waals surface area contributed by atoms with Crippen molar-refractivity contribution < 1.29 is 13.9 Å². The van der Waals surface area contributed by atoms with Crippen LogP contribution in [0.15, 0.2) is 27.8 Å². The largest absolute Gasteiger partial charge is 0.444 e. The summed E-state index contributed by atoms with van der Waals surface area (Å²) in [6.07, 6.45) is -1.07. The third-order valence-electron chi connectivity index (χ3n) is 2.44. The lowest BCUT2D eigenvalue weighted by atomic mass is 10.2. The standard InChI is InChI=1S/C10H8BrFN4O2/c11-8-2-1-6(3-9(8)12)16-5-7(4-14-15-13)18-10(16)17/h1-3,7H,4-5H2. The van der Waals surface area contributed by atoms with Gasteiger partial charge in [-0.1, -0.05) is 5.11 Å². The summed E-state index contributed by atoms with van der Waals surface area (Å²) in [6.45, 7) is 0.302. The zero-order valence-electron chi connectivity index (χ0n) is 9.08. The number of carbonyl (C=O) groups is 1. The molecule has 94 valence electrons. The Balaban J connectivity index is 2.16. The first kappa shape index (κ1) is 12.7. The highest BCUT2D eigenvalue weighted by atomic mass is 79.9. The smallest absolute Gasteiger partial charge is 0.414 e. The van der Waals surface area contributed by atoms with Gasteiger partial charge in [0.2, 0.25) is 0 Å². The number of rotatable bonds is 3. The Hall–Kier alpha value is -1.79. The summed E-state index contributed by atoms with van der Waals surface area (Å²) >= 11 is 3.03. The predicted octanol–water partition coefficient (Wildman–Crippen LogP) is 3.22. The summed E-state index contributed by atoms with van der Waals surface area (Å²) in [7, 11) is 0. The molecule has 18 heavy (non-hydrogen) atoms. The fourth-order valence-corrected chi connectivity index (χ4v) is 1.85. The van der Waals surface area contributed by atoms with Gasteiger partial charge in [0.05, 0.1) is 23.2 Å². The fraction of sp³-hybridized carbons (Fsp3) is 0.300. The Morgan fingerprint density at radius 2 is 2.44 bits per heavy atom. The second-order valence-corrected chi connectivity index (χ2v) is 4.48. The SMILES string of the molecule is [N-]=[N+]=NCC1CN(c2ccc(Br)c(F)c2)C(=O)O1. The van der Waals surface area contributed by atoms with Crippen LogP contribution in [-0.2, 0) is 4.74 Å². The quantitative estimate of drug-likeness (QED) is 0.488. The minimum atomic E-state index is -0.574. The van der Waals surface area contributed by atoms with Crippen molar-refractivity contribution in [3.63, 3.8) is 0 Å². The molecule has 0 radical (unpaired) electrons. The van der Waals surface area contributed by atoms with E-state index in [1.165, 1.54) is 17.0 Å². The Labute approximate surface area is 110 Å². The number of hydrogen-bond acceptors (Lipinski definition) is 3. The van der Waals surface area contributed by atoms with E-state index in [1.54, 1.807) is 6.07 Å². The van der Waals surface area contributed by atoms with Gasteiger partial charge in [0.15, 0.2) is 0 Å². The molecule has 1 fully saturated rings. The molecule has 1 heterocycles. The molecule has 1 aromatic carbocycles. The highest BCUT2D eigenvalue weighted by Gasteiger charge is 2.32. The summed E-state index contributed by atoms with van der Waals surface area (Å²) < 4.78 is 18.7. The second-order valence-electron chi connectivity index (χ2n) is 3.63. The molecular formula is C10H8BrFN4O2. The third kappa shape index (κ3) is 2.55. The van der Waals surface area contributed by atoms with Gasteiger partial charge in [-0.05, 0) is 39.7 Å². The van der Waals surface area contributed by atoms with Crippen LogP contribution in [0.1, 0.15) is 0 Å². The van der Waals surface area contributed by atoms with Gasteiger partial charge in [0.25, 0.3) is 0 Å². The van der Waals surface area contributed by atoms with E-state index in [1.807, 2.05) is 0 Å². The molecule has 1 unspecified atom stereocenters. The number of benzene rings is 1. The fourth-order valence-electron chi connectivity index (χ4n) is 1.61. The summed E-state index contributed by atoms with van der Waals surface area (Å²) in [5.41, 5.74) is 8.60. The number of halogens is 2. The van der Waals surface area contributed by atoms with E-state index in [4.69, 9.17) is 10.3 Å². The number of cyclic esters (lactones) is 1. The van der Waals surface area contributed by atoms with Crippen LogP contribution in [0.2, 0.25) is 0 Å². The van der Waals surface area contributed by atoms with E-state index < -0.39 is 18.0 Å². The first-order valence-electron chi connectivity index (χ1n) is 5.06. The zero-order chi connectivity index (χ0) is 13.1. The molecule has 0 spiro atoms. The molecular weight excluding hydrogens is 307 g/mol. The molecule has 1 amide bonds. The summed E-state index contributed by atoms with van der Waals surface area (Å²) in [6, 6.07) is 4.35. The van der Waals surface area contributed by atoms with Crippen molar-refractivity contribution in [1.82, 2.24) is 0 Å². The zero-order valence-corrected chi connectivity index (χ0v) is 10.7. The van der Waals surface area contributed by atoms with Gasteiger partial charge >= 0.3 is 6.09 Å². The number of amides is 1. The van der Waals surface area contributed by atoms with Crippen molar-refractivity contribution in [3.05, 3.63) is 38.9 Å². The molecule has 0 aromatic heterocycles. The van der Waals surface area contributed by atoms with Crippen molar-refractivity contribution in [2.45, 2.75) is 6.10 Å². The average molecular weight is 315 g/mol. The van der Waals surface area contributed by atoms with Crippen LogP contribution in [0.3, 0.4) is 0 Å². The van der Waals surface area contributed by atoms with Gasteiger partial charge in [-0.25, -0.2) is 9.18 Å². The van der Waals surface area contributed by atoms with E-state index in [2.05, 4.69) is 26.0 Å². The van der Waals surface area contributed by atoms with E-state index in [9.17, 15) is 9.18 Å². The summed E-state index contributed by atoms with van der Waals surface area (Å²) in [4.78, 5) is 15.5. The van der Waals surface area contributed by atoms with Crippen LogP contribution in [0.5, 0.6) is 0 Å². The van der Waals surface area contributed by atoms with Crippen molar-refractivity contribution >= 4 is 27.7 Å². The number of azide groups is 1. The molecule has 0 saturated carbocycles. The molecule has 1 aliphatic heterocycles. The Morgan fingerprint density at radius 3 is 3.11 bits per heavy atom. The van der Waals surface area contributed by atoms with E-state index in [0.29, 0.717) is 10.2 Å². The van der Waals surface area contributed by atoms with Gasteiger partial charge < -0.3 is 4.74 Å². The number of hydrogen-bond donors (Lipinski definition) is 0. The van der Waals surface area contributed by atoms with Crippen molar-refractivity contribution in [1.29, 1.82) is 0 Å². The maximum Gasteiger partial charge on any atom is 0.414 e. The van der Waals surface area contributed by atoms with Crippen molar-refractivity contribution in [2.24, 2.45) is 5.11 Å². The molecule has 6 nitrogen and oxygen atoms in total. The van der Waals surface area contributed by atoms with Crippen LogP contribution in [0.25, 0.3) is 10.4 Å². The first-order chi connectivity index (χ1) is 8.61. The van der Waals surface area contributed by atoms with Gasteiger partial charge in [-0.3, -0.25) is 4.90 Å². The molecule has 1 atom stereocenters. The molecule has 8 heteroatoms. The van der Waals surface area contributed by atoms with Crippen molar-refractivity contribution in [2.75, 3.05) is 18.0 Å². The van der Waals surface area contributed by atoms with Crippen LogP contribution >= 0.6 is 15.9 Å². The lowest BCUT2D eigenvalue weighted by molar-refractivity contribution is 0.145. The molecule has 0 N–H and O–H groups in total. The van der Waals surface area contributed by atoms with Gasteiger partial charge in [0, 0.05) is 4.91 Å². The lowest BCUT2D eigenvalue weighted by Crippen LogP contribution is -2.25. The molecule has 1 aliphatic rings. The molecule has 2 rings (SSSR count). The number of ether oxygens (including phenoxy) is 1. The van der Waals surface area contributed by atoms with Crippen LogP contribution in [0.4, 0.5) is 14.9 Å². The molecule has 0 bridgehead atoms. The minimum Gasteiger partial charge on any atom is -0.444 e. The van der Waals surface area contributed by atoms with Crippen molar-refractivity contribution in [3.8, 4) is 0 Å². The third-order valence-corrected chi connectivity index (χ3v) is 3.08. The minimum absolute atomic E-state index is 0.0672. The highest BCUT2D eigenvalue weighted by Crippen LogP contribution is 2.26. The van der Waals surface area contributed by atoms with Gasteiger partial charge in [-0.2, -0.15) is 0 Å². The topological polar surface area (TPSA) is 78.3 Å². The summed E-state index contributed by atoms with van der Waals surface area (Å²) in [5.74, 6) is -0.459. The van der Waals surface area contributed by atoms with Crippen LogP contribution in [0, 0.1) is 5.82 Å². The molecule has 1 aromatic rings. The molecule has 1 saturated heterocycles. The summed E-state index contributed by atoms with van der Waals surface area (Å²) in [5, 5.41) is 3.34. The van der Waals surface area contributed by atoms with Crippen LogP contribution < -0.4 is 4.90 Å². The maximum atomic E-state index is 13.4. The van der Waals surface area contributed by atoms with E-state index in [-0.39, 0.29) is 13.1 Å². The van der Waals surface area contributed by atoms with Gasteiger partial charge in [0.1, 0.15) is 11.9 Å². The monoisotopic (exact) mass is 314 g/mol. The Bertz CT molecular complexity index is 533. The highest BCUT2D eigenvalue weighted by molar-refractivity contribution is 9.10. The van der Waals surface area contributed by atoms with E-state index in [0.717, 1.165) is 0 Å². The predicted molar refractivity (Wildman–Crippen MR) is 65.7 cm³/mol. The number of carbonyl (C=O) groups excluding carboxylic acids is 1. The lowest BCUT2D eigenvalue weighted by Gasteiger charge is -2.12. The van der Waals surface area contributed by atoms with Crippen LogP contribution in [-0.4, -0.2) is 25.3 Å². The Kier molecular flexibility index (Phi) is 3.69. The number of anilines is 1.